The number of hydrogen-bond acceptors (Lipinski definition) is 5. The molecule has 0 aliphatic carbocycles. The predicted octanol–water partition coefficient (Wildman–Crippen LogP) is 5.05. The second-order valence-corrected chi connectivity index (χ2v) is 10.4. The maximum atomic E-state index is 12.7. The number of nitrogens with one attached hydrogen (secondary N) is 4. The van der Waals surface area contributed by atoms with Gasteiger partial charge in [0.05, 0.1) is 0 Å². The van der Waals surface area contributed by atoms with Crippen molar-refractivity contribution >= 4 is 34.8 Å². The zero-order chi connectivity index (χ0) is 25.3. The number of piperazine rings is 1. The van der Waals surface area contributed by atoms with Crippen LogP contribution in [0.25, 0.3) is 0 Å². The maximum absolute atomic E-state index is 12.7. The summed E-state index contributed by atoms with van der Waals surface area (Å²) in [6, 6.07) is 14.0. The summed E-state index contributed by atoms with van der Waals surface area (Å²) in [5.41, 5.74) is 2.58. The number of hydrogen-bond donors (Lipinski definition) is 4. The molecule has 2 saturated heterocycles. The van der Waals surface area contributed by atoms with Crippen molar-refractivity contribution in [2.45, 2.75) is 51.1 Å². The Kier molecular flexibility index (Phi) is 9.93. The third kappa shape index (κ3) is 7.62. The van der Waals surface area contributed by atoms with Gasteiger partial charge < -0.3 is 26.2 Å². The first kappa shape index (κ1) is 26.8. The third-order valence-corrected chi connectivity index (χ3v) is 7.50. The van der Waals surface area contributed by atoms with E-state index in [2.05, 4.69) is 39.2 Å². The Morgan fingerprint density at radius 3 is 2.67 bits per heavy atom. The molecule has 0 aromatic heterocycles. The minimum absolute atomic E-state index is 0.0956. The van der Waals surface area contributed by atoms with E-state index in [1.165, 1.54) is 12.8 Å². The van der Waals surface area contributed by atoms with Crippen LogP contribution in [-0.4, -0.2) is 55.6 Å². The molecule has 0 spiro atoms. The van der Waals surface area contributed by atoms with Gasteiger partial charge in [-0.2, -0.15) is 0 Å². The number of anilines is 1. The molecule has 36 heavy (non-hydrogen) atoms. The van der Waals surface area contributed by atoms with E-state index >= 15 is 0 Å². The van der Waals surface area contributed by atoms with Gasteiger partial charge in [0.1, 0.15) is 5.82 Å². The van der Waals surface area contributed by atoms with Crippen LogP contribution in [0.5, 0.6) is 0 Å². The lowest BCUT2D eigenvalue weighted by Crippen LogP contribution is -2.51. The first-order valence-electron chi connectivity index (χ1n) is 13.0. The highest BCUT2D eigenvalue weighted by atomic mass is 35.5. The Hall–Kier alpha value is -2.25. The summed E-state index contributed by atoms with van der Waals surface area (Å²) < 4.78 is 0. The minimum atomic E-state index is -0.0956. The molecule has 2 aliphatic rings. The highest BCUT2D eigenvalue weighted by molar-refractivity contribution is 6.35. The summed E-state index contributed by atoms with van der Waals surface area (Å²) in [6.07, 6.45) is 7.77. The van der Waals surface area contributed by atoms with Crippen molar-refractivity contribution in [3.63, 3.8) is 0 Å². The van der Waals surface area contributed by atoms with Gasteiger partial charge in [-0.05, 0) is 80.3 Å². The van der Waals surface area contributed by atoms with Crippen molar-refractivity contribution in [2.24, 2.45) is 0 Å². The highest BCUT2D eigenvalue weighted by Crippen LogP contribution is 2.22. The van der Waals surface area contributed by atoms with E-state index in [1.54, 1.807) is 6.07 Å². The van der Waals surface area contributed by atoms with Crippen LogP contribution in [0.1, 0.15) is 48.5 Å². The molecule has 2 fully saturated rings. The number of amides is 1. The monoisotopic (exact) mass is 529 g/mol. The molecule has 8 heteroatoms. The summed E-state index contributed by atoms with van der Waals surface area (Å²) in [4.78, 5) is 15.1. The molecule has 4 rings (SSSR count). The second kappa shape index (κ2) is 13.3. The van der Waals surface area contributed by atoms with Crippen LogP contribution < -0.4 is 21.3 Å². The summed E-state index contributed by atoms with van der Waals surface area (Å²) in [7, 11) is 0. The van der Waals surface area contributed by atoms with Gasteiger partial charge in [-0.25, -0.2) is 0 Å². The highest BCUT2D eigenvalue weighted by Gasteiger charge is 2.21. The van der Waals surface area contributed by atoms with Gasteiger partial charge in [0.2, 0.25) is 0 Å². The standard InChI is InChI=1S/C28H37Cl2N5O/c1-2-23-19-35(16-15-32-23)27(18-25-5-3-4-13-31-25)34-24-10-7-21(8-11-24)28(36)33-14-12-20-6-9-22(29)17-26(20)30/h6-11,17-18,23,25,31-32,34H,2-5,12-16,19H2,1H3,(H,33,36)/t23-,25?/m0/s1. The number of carbonyl (C=O) groups excluding carboxylic acids is 1. The van der Waals surface area contributed by atoms with Crippen molar-refractivity contribution in [2.75, 3.05) is 38.0 Å². The summed E-state index contributed by atoms with van der Waals surface area (Å²) in [5.74, 6) is 1.05. The molecule has 0 bridgehead atoms. The Morgan fingerprint density at radius 1 is 1.11 bits per heavy atom. The molecule has 2 aliphatic heterocycles. The van der Waals surface area contributed by atoms with Crippen molar-refractivity contribution < 1.29 is 4.79 Å². The molecule has 0 saturated carbocycles. The van der Waals surface area contributed by atoms with Crippen LogP contribution in [0.15, 0.2) is 54.4 Å². The van der Waals surface area contributed by atoms with E-state index < -0.39 is 0 Å². The zero-order valence-corrected chi connectivity index (χ0v) is 22.5. The smallest absolute Gasteiger partial charge is 0.251 e. The van der Waals surface area contributed by atoms with Crippen molar-refractivity contribution in [3.8, 4) is 0 Å². The largest absolute Gasteiger partial charge is 0.356 e. The molecular formula is C28H37Cl2N5O. The molecule has 0 radical (unpaired) electrons. The Balaban J connectivity index is 1.37. The zero-order valence-electron chi connectivity index (χ0n) is 21.0. The van der Waals surface area contributed by atoms with Crippen LogP contribution in [-0.2, 0) is 6.42 Å². The van der Waals surface area contributed by atoms with E-state index in [0.29, 0.717) is 40.7 Å². The third-order valence-electron chi connectivity index (χ3n) is 6.91. The van der Waals surface area contributed by atoms with E-state index in [0.717, 1.165) is 56.1 Å². The van der Waals surface area contributed by atoms with E-state index in [-0.39, 0.29) is 5.91 Å². The number of nitrogens with zero attached hydrogens (tertiary/aromatic N) is 1. The molecule has 194 valence electrons. The van der Waals surface area contributed by atoms with Gasteiger partial charge in [-0.3, -0.25) is 4.79 Å². The first-order chi connectivity index (χ1) is 17.5. The summed E-state index contributed by atoms with van der Waals surface area (Å²) >= 11 is 12.2. The molecule has 6 nitrogen and oxygen atoms in total. The van der Waals surface area contributed by atoms with Crippen LogP contribution >= 0.6 is 23.2 Å². The summed E-state index contributed by atoms with van der Waals surface area (Å²) in [5, 5.41) is 15.1. The molecule has 1 amide bonds. The van der Waals surface area contributed by atoms with Gasteiger partial charge >= 0.3 is 0 Å². The summed E-state index contributed by atoms with van der Waals surface area (Å²) in [6.45, 7) is 6.75. The SMILES string of the molecule is CC[C@H]1CN(C(=CC2CCCCN2)Nc2ccc(C(=O)NCCc3ccc(Cl)cc3Cl)cc2)CCN1. The quantitative estimate of drug-likeness (QED) is 0.366. The molecule has 2 heterocycles. The Morgan fingerprint density at radius 2 is 1.94 bits per heavy atom. The molecule has 1 unspecified atom stereocenters. The van der Waals surface area contributed by atoms with E-state index in [4.69, 9.17) is 23.2 Å². The lowest BCUT2D eigenvalue weighted by molar-refractivity contribution is 0.0954. The molecule has 2 aromatic rings. The van der Waals surface area contributed by atoms with Gasteiger partial charge in [-0.1, -0.05) is 42.6 Å². The number of carbonyl (C=O) groups is 1. The van der Waals surface area contributed by atoms with Crippen molar-refractivity contribution in [1.82, 2.24) is 20.9 Å². The first-order valence-corrected chi connectivity index (χ1v) is 13.8. The van der Waals surface area contributed by atoms with Crippen LogP contribution in [0.4, 0.5) is 5.69 Å². The lowest BCUT2D eigenvalue weighted by atomic mass is 10.0. The fourth-order valence-corrected chi connectivity index (χ4v) is 5.25. The van der Waals surface area contributed by atoms with Crippen LogP contribution in [0.2, 0.25) is 10.0 Å². The predicted molar refractivity (Wildman–Crippen MR) is 150 cm³/mol. The minimum Gasteiger partial charge on any atom is -0.356 e. The van der Waals surface area contributed by atoms with E-state index in [9.17, 15) is 4.79 Å². The van der Waals surface area contributed by atoms with E-state index in [1.807, 2.05) is 36.4 Å². The Bertz CT molecular complexity index is 1040. The fourth-order valence-electron chi connectivity index (χ4n) is 4.75. The van der Waals surface area contributed by atoms with Crippen molar-refractivity contribution in [1.29, 1.82) is 0 Å². The lowest BCUT2D eigenvalue weighted by Gasteiger charge is -2.37. The van der Waals surface area contributed by atoms with Gasteiger partial charge in [0.15, 0.2) is 0 Å². The second-order valence-electron chi connectivity index (χ2n) is 9.56. The van der Waals surface area contributed by atoms with Crippen molar-refractivity contribution in [3.05, 3.63) is 75.5 Å². The average Bonchev–Trinajstić information content (AvgIpc) is 2.90. The number of halogens is 2. The van der Waals surface area contributed by atoms with Crippen LogP contribution in [0.3, 0.4) is 0 Å². The topological polar surface area (TPSA) is 68.4 Å². The average molecular weight is 531 g/mol. The normalized spacial score (nSPS) is 20.8. The molecule has 2 atom stereocenters. The maximum Gasteiger partial charge on any atom is 0.251 e. The van der Waals surface area contributed by atoms with Gasteiger partial charge in [-0.15, -0.1) is 0 Å². The number of rotatable bonds is 9. The van der Waals surface area contributed by atoms with Crippen LogP contribution in [0, 0.1) is 0 Å². The fraction of sp³-hybridized carbons (Fsp3) is 0.464. The Labute approximate surface area is 224 Å². The molecular weight excluding hydrogens is 493 g/mol. The number of benzene rings is 2. The van der Waals surface area contributed by atoms with Gasteiger partial charge in [0, 0.05) is 59.6 Å². The molecule has 4 N–H and O–H groups in total. The van der Waals surface area contributed by atoms with Gasteiger partial charge in [0.25, 0.3) is 5.91 Å². The molecule has 2 aromatic carbocycles. The number of piperidine rings is 1.